The molecule has 0 amide bonds. The highest BCUT2D eigenvalue weighted by Gasteiger charge is 2.16. The van der Waals surface area contributed by atoms with Gasteiger partial charge in [-0.2, -0.15) is 0 Å². The summed E-state index contributed by atoms with van der Waals surface area (Å²) in [5.74, 6) is -0.305. The van der Waals surface area contributed by atoms with Gasteiger partial charge in [0, 0.05) is 6.04 Å². The smallest absolute Gasteiger partial charge is 0.304 e. The minimum atomic E-state index is -0.732. The standard InChI is InChI=1S/C8H17NO2/c1-4-6(2)7(9-3)5-8(10)11/h6-7,9H,4-5H2,1-3H3,(H,10,11). The van der Waals surface area contributed by atoms with Gasteiger partial charge in [0.05, 0.1) is 6.42 Å². The van der Waals surface area contributed by atoms with Crippen LogP contribution in [0.5, 0.6) is 0 Å². The van der Waals surface area contributed by atoms with Crippen LogP contribution in [-0.4, -0.2) is 24.2 Å². The zero-order chi connectivity index (χ0) is 8.85. The van der Waals surface area contributed by atoms with E-state index < -0.39 is 5.97 Å². The fourth-order valence-corrected chi connectivity index (χ4v) is 1.06. The van der Waals surface area contributed by atoms with Gasteiger partial charge in [-0.25, -0.2) is 0 Å². The van der Waals surface area contributed by atoms with E-state index in [2.05, 4.69) is 19.2 Å². The van der Waals surface area contributed by atoms with E-state index in [1.54, 1.807) is 7.05 Å². The molecule has 0 radical (unpaired) electrons. The van der Waals surface area contributed by atoms with Crippen LogP contribution in [0.15, 0.2) is 0 Å². The molecule has 0 saturated carbocycles. The molecule has 0 aliphatic rings. The molecule has 66 valence electrons. The van der Waals surface area contributed by atoms with Gasteiger partial charge in [-0.05, 0) is 13.0 Å². The lowest BCUT2D eigenvalue weighted by Crippen LogP contribution is -2.33. The van der Waals surface area contributed by atoms with E-state index in [1.165, 1.54) is 0 Å². The first kappa shape index (κ1) is 10.4. The van der Waals surface area contributed by atoms with Crippen LogP contribution in [0.25, 0.3) is 0 Å². The molecule has 0 aromatic carbocycles. The van der Waals surface area contributed by atoms with Gasteiger partial charge < -0.3 is 10.4 Å². The van der Waals surface area contributed by atoms with Gasteiger partial charge in [-0.15, -0.1) is 0 Å². The topological polar surface area (TPSA) is 49.3 Å². The van der Waals surface area contributed by atoms with Crippen molar-refractivity contribution in [3.63, 3.8) is 0 Å². The highest BCUT2D eigenvalue weighted by atomic mass is 16.4. The van der Waals surface area contributed by atoms with Gasteiger partial charge in [0.2, 0.25) is 0 Å². The molecular formula is C8H17NO2. The first-order chi connectivity index (χ1) is 5.11. The summed E-state index contributed by atoms with van der Waals surface area (Å²) >= 11 is 0. The molecule has 0 spiro atoms. The Morgan fingerprint density at radius 2 is 2.18 bits per heavy atom. The fourth-order valence-electron chi connectivity index (χ4n) is 1.06. The molecule has 11 heavy (non-hydrogen) atoms. The van der Waals surface area contributed by atoms with Crippen molar-refractivity contribution in [2.45, 2.75) is 32.7 Å². The van der Waals surface area contributed by atoms with Crippen LogP contribution in [0, 0.1) is 5.92 Å². The van der Waals surface area contributed by atoms with E-state index in [0.29, 0.717) is 5.92 Å². The van der Waals surface area contributed by atoms with E-state index in [1.807, 2.05) is 0 Å². The zero-order valence-corrected chi connectivity index (χ0v) is 7.42. The van der Waals surface area contributed by atoms with Crippen molar-refractivity contribution in [2.75, 3.05) is 7.05 Å². The summed E-state index contributed by atoms with van der Waals surface area (Å²) in [6.45, 7) is 4.13. The summed E-state index contributed by atoms with van der Waals surface area (Å²) in [6, 6.07) is 0.109. The molecule has 0 aliphatic heterocycles. The third-order valence-electron chi connectivity index (χ3n) is 2.10. The van der Waals surface area contributed by atoms with Gasteiger partial charge in [0.1, 0.15) is 0 Å². The SMILES string of the molecule is CCC(C)C(CC(=O)O)NC. The Kier molecular flexibility index (Phi) is 4.86. The third kappa shape index (κ3) is 3.98. The predicted octanol–water partition coefficient (Wildman–Crippen LogP) is 1.10. The van der Waals surface area contributed by atoms with Crippen molar-refractivity contribution in [3.05, 3.63) is 0 Å². The van der Waals surface area contributed by atoms with E-state index in [9.17, 15) is 4.79 Å². The number of nitrogens with one attached hydrogen (secondary N) is 1. The number of carbonyl (C=O) groups is 1. The second kappa shape index (κ2) is 5.13. The van der Waals surface area contributed by atoms with Crippen LogP contribution in [0.4, 0.5) is 0 Å². The van der Waals surface area contributed by atoms with Gasteiger partial charge >= 0.3 is 5.97 Å². The Labute approximate surface area is 67.8 Å². The molecule has 0 aromatic heterocycles. The quantitative estimate of drug-likeness (QED) is 0.631. The molecule has 2 atom stereocenters. The average molecular weight is 159 g/mol. The number of rotatable bonds is 5. The fraction of sp³-hybridized carbons (Fsp3) is 0.875. The molecule has 2 N–H and O–H groups in total. The second-order valence-corrected chi connectivity index (χ2v) is 2.88. The maximum Gasteiger partial charge on any atom is 0.304 e. The first-order valence-electron chi connectivity index (χ1n) is 4.00. The number of carboxylic acid groups (broad SMARTS) is 1. The monoisotopic (exact) mass is 159 g/mol. The summed E-state index contributed by atoms with van der Waals surface area (Å²) in [5, 5.41) is 11.5. The maximum atomic E-state index is 10.3. The Morgan fingerprint density at radius 3 is 2.45 bits per heavy atom. The summed E-state index contributed by atoms with van der Waals surface area (Å²) < 4.78 is 0. The number of aliphatic carboxylic acids is 1. The van der Waals surface area contributed by atoms with Crippen molar-refractivity contribution < 1.29 is 9.90 Å². The molecule has 0 bridgehead atoms. The molecule has 0 saturated heterocycles. The molecule has 0 fully saturated rings. The summed E-state index contributed by atoms with van der Waals surface area (Å²) in [7, 11) is 1.81. The first-order valence-corrected chi connectivity index (χ1v) is 4.00. The van der Waals surface area contributed by atoms with Gasteiger partial charge in [0.15, 0.2) is 0 Å². The van der Waals surface area contributed by atoms with Crippen LogP contribution in [0.2, 0.25) is 0 Å². The molecule has 0 heterocycles. The normalized spacial score (nSPS) is 15.9. The molecule has 3 heteroatoms. The minimum absolute atomic E-state index is 0.109. The highest BCUT2D eigenvalue weighted by Crippen LogP contribution is 2.09. The lowest BCUT2D eigenvalue weighted by molar-refractivity contribution is -0.137. The van der Waals surface area contributed by atoms with Crippen LogP contribution < -0.4 is 5.32 Å². The van der Waals surface area contributed by atoms with Crippen LogP contribution in [0.3, 0.4) is 0 Å². The van der Waals surface area contributed by atoms with Gasteiger partial charge in [0.25, 0.3) is 0 Å². The Hall–Kier alpha value is -0.570. The lowest BCUT2D eigenvalue weighted by Gasteiger charge is -2.19. The third-order valence-corrected chi connectivity index (χ3v) is 2.10. The lowest BCUT2D eigenvalue weighted by atomic mass is 9.97. The maximum absolute atomic E-state index is 10.3. The van der Waals surface area contributed by atoms with Crippen LogP contribution in [0.1, 0.15) is 26.7 Å². The number of hydrogen-bond donors (Lipinski definition) is 2. The number of hydrogen-bond acceptors (Lipinski definition) is 2. The van der Waals surface area contributed by atoms with Gasteiger partial charge in [-0.1, -0.05) is 20.3 Å². The van der Waals surface area contributed by atoms with E-state index in [-0.39, 0.29) is 12.5 Å². The zero-order valence-electron chi connectivity index (χ0n) is 7.42. The van der Waals surface area contributed by atoms with Crippen LogP contribution >= 0.6 is 0 Å². The molecule has 0 aromatic rings. The van der Waals surface area contributed by atoms with Crippen molar-refractivity contribution in [1.82, 2.24) is 5.32 Å². The minimum Gasteiger partial charge on any atom is -0.481 e. The molecule has 0 rings (SSSR count). The Morgan fingerprint density at radius 1 is 1.64 bits per heavy atom. The Balaban J connectivity index is 3.84. The molecular weight excluding hydrogens is 142 g/mol. The van der Waals surface area contributed by atoms with Crippen molar-refractivity contribution in [2.24, 2.45) is 5.92 Å². The Bertz CT molecular complexity index is 125. The average Bonchev–Trinajstić information content (AvgIpc) is 1.98. The van der Waals surface area contributed by atoms with E-state index in [4.69, 9.17) is 5.11 Å². The van der Waals surface area contributed by atoms with Gasteiger partial charge in [-0.3, -0.25) is 4.79 Å². The van der Waals surface area contributed by atoms with Crippen molar-refractivity contribution in [1.29, 1.82) is 0 Å². The van der Waals surface area contributed by atoms with Crippen LogP contribution in [-0.2, 0) is 4.79 Å². The highest BCUT2D eigenvalue weighted by molar-refractivity contribution is 5.67. The van der Waals surface area contributed by atoms with E-state index >= 15 is 0 Å². The molecule has 3 nitrogen and oxygen atoms in total. The van der Waals surface area contributed by atoms with Crippen molar-refractivity contribution in [3.8, 4) is 0 Å². The second-order valence-electron chi connectivity index (χ2n) is 2.88. The summed E-state index contributed by atoms with van der Waals surface area (Å²) in [6.07, 6.45) is 1.23. The predicted molar refractivity (Wildman–Crippen MR) is 44.6 cm³/mol. The summed E-state index contributed by atoms with van der Waals surface area (Å²) in [4.78, 5) is 10.3. The summed E-state index contributed by atoms with van der Waals surface area (Å²) in [5.41, 5.74) is 0. The number of carboxylic acids is 1. The van der Waals surface area contributed by atoms with E-state index in [0.717, 1.165) is 6.42 Å². The molecule has 2 unspecified atom stereocenters. The molecule has 0 aliphatic carbocycles. The van der Waals surface area contributed by atoms with Crippen molar-refractivity contribution >= 4 is 5.97 Å². The largest absolute Gasteiger partial charge is 0.481 e.